The third kappa shape index (κ3) is 2.41. The van der Waals surface area contributed by atoms with Crippen molar-refractivity contribution in [2.45, 2.75) is 6.92 Å². The Morgan fingerprint density at radius 3 is 2.62 bits per heavy atom. The van der Waals surface area contributed by atoms with E-state index in [9.17, 15) is 9.90 Å². The number of benzene rings is 1. The van der Waals surface area contributed by atoms with Gasteiger partial charge in [0, 0.05) is 0 Å². The summed E-state index contributed by atoms with van der Waals surface area (Å²) in [6.45, 7) is 1.64. The predicted molar refractivity (Wildman–Crippen MR) is 55.1 cm³/mol. The number of H-pyrrole nitrogens is 1. The summed E-state index contributed by atoms with van der Waals surface area (Å²) in [5.41, 5.74) is -0.235. The molecule has 0 aliphatic carbocycles. The Labute approximate surface area is 103 Å². The molecule has 0 amide bonds. The molecule has 5 heteroatoms. The highest BCUT2D eigenvalue weighted by Gasteiger charge is 2.25. The molecule has 0 saturated carbocycles. The molecule has 1 aromatic heterocycles. The number of aromatic hydroxyl groups is 1. The van der Waals surface area contributed by atoms with Crippen LogP contribution in [0.1, 0.15) is 5.82 Å². The standard InChI is InChI=1S/C11H9IN2O2/c1-7-13-10(15)9(11(16)14-7)12-8-5-3-2-4-6-8/h2-6H,1H3,(H-,13,14,15,16)/p+1. The average Bonchev–Trinajstić information content (AvgIpc) is 2.25. The van der Waals surface area contributed by atoms with Crippen LogP contribution >= 0.6 is 0 Å². The van der Waals surface area contributed by atoms with Crippen LogP contribution in [0.25, 0.3) is 0 Å². The summed E-state index contributed by atoms with van der Waals surface area (Å²) in [7, 11) is 0. The molecule has 2 rings (SSSR count). The van der Waals surface area contributed by atoms with Crippen LogP contribution in [0.15, 0.2) is 35.1 Å². The van der Waals surface area contributed by atoms with Crippen molar-refractivity contribution in [3.8, 4) is 5.88 Å². The maximum atomic E-state index is 11.6. The molecule has 0 aliphatic heterocycles. The fourth-order valence-electron chi connectivity index (χ4n) is 1.23. The lowest BCUT2D eigenvalue weighted by atomic mass is 10.4. The third-order valence-corrected chi connectivity index (χ3v) is 4.75. The molecule has 0 fully saturated rings. The van der Waals surface area contributed by atoms with Gasteiger partial charge < -0.3 is 10.1 Å². The van der Waals surface area contributed by atoms with E-state index in [4.69, 9.17) is 0 Å². The Hall–Kier alpha value is -1.37. The molecule has 4 nitrogen and oxygen atoms in total. The molecule has 2 N–H and O–H groups in total. The van der Waals surface area contributed by atoms with E-state index in [2.05, 4.69) is 9.97 Å². The zero-order chi connectivity index (χ0) is 11.5. The van der Waals surface area contributed by atoms with Crippen LogP contribution in [0, 0.1) is 14.1 Å². The monoisotopic (exact) mass is 329 g/mol. The Kier molecular flexibility index (Phi) is 3.23. The van der Waals surface area contributed by atoms with Crippen molar-refractivity contribution in [2.75, 3.05) is 0 Å². The first-order valence-corrected chi connectivity index (χ1v) is 6.82. The van der Waals surface area contributed by atoms with Gasteiger partial charge in [-0.3, -0.25) is 4.79 Å². The smallest absolute Gasteiger partial charge is 0.370 e. The number of aromatic nitrogens is 2. The Morgan fingerprint density at radius 1 is 1.31 bits per heavy atom. The van der Waals surface area contributed by atoms with Gasteiger partial charge in [-0.2, -0.15) is 4.98 Å². The quantitative estimate of drug-likeness (QED) is 0.621. The molecule has 0 saturated heterocycles. The maximum Gasteiger partial charge on any atom is 0.370 e. The summed E-state index contributed by atoms with van der Waals surface area (Å²) >= 11 is -0.684. The van der Waals surface area contributed by atoms with Crippen molar-refractivity contribution in [1.29, 1.82) is 0 Å². The molecule has 0 spiro atoms. The summed E-state index contributed by atoms with van der Waals surface area (Å²) in [5.74, 6) is 0.293. The van der Waals surface area contributed by atoms with E-state index >= 15 is 0 Å². The molecule has 1 heterocycles. The van der Waals surface area contributed by atoms with E-state index in [1.54, 1.807) is 6.92 Å². The molecular formula is C11H10IN2O2+. The largest absolute Gasteiger partial charge is 0.490 e. The topological polar surface area (TPSA) is 66.0 Å². The van der Waals surface area contributed by atoms with Crippen LogP contribution in [-0.4, -0.2) is 15.1 Å². The van der Waals surface area contributed by atoms with Gasteiger partial charge in [-0.25, -0.2) is 0 Å². The lowest BCUT2D eigenvalue weighted by molar-refractivity contribution is -0.600. The predicted octanol–water partition coefficient (Wildman–Crippen LogP) is -2.09. The maximum absolute atomic E-state index is 11.6. The fraction of sp³-hybridized carbons (Fsp3) is 0.0909. The van der Waals surface area contributed by atoms with Crippen molar-refractivity contribution in [2.24, 2.45) is 0 Å². The van der Waals surface area contributed by atoms with E-state index in [0.29, 0.717) is 9.39 Å². The normalized spacial score (nSPS) is 10.3. The van der Waals surface area contributed by atoms with Crippen molar-refractivity contribution < 1.29 is 26.3 Å². The van der Waals surface area contributed by atoms with E-state index in [1.807, 2.05) is 30.3 Å². The molecule has 0 unspecified atom stereocenters. The zero-order valence-corrected chi connectivity index (χ0v) is 10.7. The number of hydrogen-bond donors (Lipinski definition) is 2. The van der Waals surface area contributed by atoms with E-state index < -0.39 is 21.2 Å². The first-order valence-electron chi connectivity index (χ1n) is 4.66. The van der Waals surface area contributed by atoms with Crippen LogP contribution in [0.3, 0.4) is 0 Å². The van der Waals surface area contributed by atoms with Gasteiger partial charge >= 0.3 is 30.3 Å². The van der Waals surface area contributed by atoms with Gasteiger partial charge in [-0.15, -0.1) is 0 Å². The van der Waals surface area contributed by atoms with Crippen LogP contribution < -0.4 is 26.8 Å². The summed E-state index contributed by atoms with van der Waals surface area (Å²) in [4.78, 5) is 18.1. The van der Waals surface area contributed by atoms with Crippen molar-refractivity contribution in [3.05, 3.63) is 53.7 Å². The van der Waals surface area contributed by atoms with Gasteiger partial charge in [0.2, 0.25) is 0 Å². The van der Waals surface area contributed by atoms with Crippen molar-refractivity contribution >= 4 is 0 Å². The number of nitrogens with zero attached hydrogens (tertiary/aromatic N) is 1. The van der Waals surface area contributed by atoms with Gasteiger partial charge in [0.15, 0.2) is 3.57 Å². The minimum absolute atomic E-state index is 0.141. The molecule has 0 bridgehead atoms. The summed E-state index contributed by atoms with van der Waals surface area (Å²) < 4.78 is 1.49. The average molecular weight is 329 g/mol. The Balaban J connectivity index is 2.39. The molecule has 82 valence electrons. The molecule has 1 aromatic carbocycles. The first-order chi connectivity index (χ1) is 7.66. The summed E-state index contributed by atoms with van der Waals surface area (Å²) in [5, 5.41) is 9.63. The number of halogens is 1. The fourth-order valence-corrected chi connectivity index (χ4v) is 3.37. The highest BCUT2D eigenvalue weighted by molar-refractivity contribution is 5.06. The summed E-state index contributed by atoms with van der Waals surface area (Å²) in [6.07, 6.45) is 0. The second-order valence-electron chi connectivity index (χ2n) is 3.18. The number of aromatic amines is 1. The van der Waals surface area contributed by atoms with E-state index in [-0.39, 0.29) is 11.4 Å². The molecule has 0 atom stereocenters. The first kappa shape index (κ1) is 11.1. The van der Waals surface area contributed by atoms with Gasteiger partial charge in [0.25, 0.3) is 5.88 Å². The van der Waals surface area contributed by atoms with Gasteiger partial charge in [0.05, 0.1) is 0 Å². The highest BCUT2D eigenvalue weighted by Crippen LogP contribution is 1.96. The van der Waals surface area contributed by atoms with Gasteiger partial charge in [-0.1, -0.05) is 18.2 Å². The lowest BCUT2D eigenvalue weighted by Gasteiger charge is -1.93. The van der Waals surface area contributed by atoms with Crippen LogP contribution in [-0.2, 0) is 0 Å². The second-order valence-corrected chi connectivity index (χ2v) is 6.04. The Bertz CT molecular complexity index is 552. The Morgan fingerprint density at radius 2 is 2.00 bits per heavy atom. The van der Waals surface area contributed by atoms with Crippen LogP contribution in [0.4, 0.5) is 0 Å². The van der Waals surface area contributed by atoms with Crippen LogP contribution in [0.5, 0.6) is 5.88 Å². The van der Waals surface area contributed by atoms with E-state index in [0.717, 1.165) is 3.57 Å². The molecule has 2 aromatic rings. The zero-order valence-electron chi connectivity index (χ0n) is 8.57. The van der Waals surface area contributed by atoms with Crippen LogP contribution in [0.2, 0.25) is 0 Å². The highest BCUT2D eigenvalue weighted by atomic mass is 127. The van der Waals surface area contributed by atoms with Gasteiger partial charge in [-0.05, 0) is 19.1 Å². The van der Waals surface area contributed by atoms with Crippen molar-refractivity contribution in [1.82, 2.24) is 9.97 Å². The number of rotatable bonds is 2. The molecule has 0 aliphatic rings. The molecular weight excluding hydrogens is 319 g/mol. The lowest BCUT2D eigenvalue weighted by Crippen LogP contribution is -3.62. The minimum atomic E-state index is -0.684. The second kappa shape index (κ2) is 4.65. The minimum Gasteiger partial charge on any atom is -0.490 e. The molecule has 16 heavy (non-hydrogen) atoms. The number of hydrogen-bond acceptors (Lipinski definition) is 3. The van der Waals surface area contributed by atoms with E-state index in [1.165, 1.54) is 0 Å². The third-order valence-electron chi connectivity index (χ3n) is 1.90. The van der Waals surface area contributed by atoms with Crippen molar-refractivity contribution in [3.63, 3.8) is 0 Å². The SMILES string of the molecule is Cc1nc(O)c([I+]c2ccccc2)c(=O)[nH]1. The summed E-state index contributed by atoms with van der Waals surface area (Å²) in [6, 6.07) is 9.66. The van der Waals surface area contributed by atoms with Gasteiger partial charge in [0.1, 0.15) is 5.82 Å². The number of nitrogens with one attached hydrogen (secondary N) is 1. The number of aryl methyl sites for hydroxylation is 1. The molecule has 0 radical (unpaired) electrons.